The Bertz CT molecular complexity index is 568. The van der Waals surface area contributed by atoms with Gasteiger partial charge in [-0.1, -0.05) is 6.42 Å². The zero-order valence-electron chi connectivity index (χ0n) is 13.8. The van der Waals surface area contributed by atoms with Crippen LogP contribution in [0.15, 0.2) is 0 Å². The van der Waals surface area contributed by atoms with Gasteiger partial charge in [0.25, 0.3) is 0 Å². The van der Waals surface area contributed by atoms with Crippen LogP contribution in [-0.2, 0) is 14.4 Å². The number of hydrazine groups is 1. The van der Waals surface area contributed by atoms with Crippen LogP contribution in [0.1, 0.15) is 38.5 Å². The predicted octanol–water partition coefficient (Wildman–Crippen LogP) is -0.862. The molecule has 9 nitrogen and oxygen atoms in total. The number of hydrogen-bond acceptors (Lipinski definition) is 5. The first kappa shape index (κ1) is 17.8. The summed E-state index contributed by atoms with van der Waals surface area (Å²) < 4.78 is 0. The highest BCUT2D eigenvalue weighted by Gasteiger charge is 2.42. The van der Waals surface area contributed by atoms with Crippen molar-refractivity contribution in [2.45, 2.75) is 61.9 Å². The second kappa shape index (κ2) is 7.94. The molecule has 0 unspecified atom stereocenters. The maximum Gasteiger partial charge on any atom is 0.327 e. The first-order valence-electron chi connectivity index (χ1n) is 8.61. The van der Waals surface area contributed by atoms with Crippen molar-refractivity contribution >= 4 is 35.5 Å². The van der Waals surface area contributed by atoms with Gasteiger partial charge < -0.3 is 16.0 Å². The molecule has 3 fully saturated rings. The van der Waals surface area contributed by atoms with E-state index in [4.69, 9.17) is 0 Å². The molecule has 1 saturated carbocycles. The van der Waals surface area contributed by atoms with Crippen molar-refractivity contribution in [3.63, 3.8) is 0 Å². The quantitative estimate of drug-likeness (QED) is 0.180. The molecule has 5 N–H and O–H groups in total. The minimum atomic E-state index is -0.849. The molecule has 25 heavy (non-hydrogen) atoms. The van der Waals surface area contributed by atoms with Gasteiger partial charge in [0.15, 0.2) is 0 Å². The summed E-state index contributed by atoms with van der Waals surface area (Å²) >= 11 is 1.84. The van der Waals surface area contributed by atoms with Crippen molar-refractivity contribution < 1.29 is 19.2 Å². The Morgan fingerprint density at radius 3 is 2.64 bits per heavy atom. The van der Waals surface area contributed by atoms with Crippen molar-refractivity contribution in [2.75, 3.05) is 5.75 Å². The van der Waals surface area contributed by atoms with Gasteiger partial charge in [-0.05, 0) is 25.7 Å². The molecule has 0 aromatic carbocycles. The fourth-order valence-electron chi connectivity index (χ4n) is 3.00. The molecule has 0 aromatic heterocycles. The average molecular weight is 369 g/mol. The van der Waals surface area contributed by atoms with Crippen LogP contribution in [0.3, 0.4) is 0 Å². The van der Waals surface area contributed by atoms with E-state index in [9.17, 15) is 19.2 Å². The lowest BCUT2D eigenvalue weighted by Gasteiger charge is -2.16. The van der Waals surface area contributed by atoms with Crippen LogP contribution >= 0.6 is 11.8 Å². The molecule has 3 rings (SSSR count). The molecule has 0 radical (unpaired) electrons. The highest BCUT2D eigenvalue weighted by molar-refractivity contribution is 8.00. The third kappa shape index (κ3) is 5.00. The SMILES string of the molecule is O=C(CCCC[C@@H]1SC[C@@H]2NC(=O)N[C@H]21)NNC(=O)C(=O)NC1CC1. The topological polar surface area (TPSA) is 128 Å². The number of thioether (sulfide) groups is 1. The summed E-state index contributed by atoms with van der Waals surface area (Å²) in [6.45, 7) is 0. The molecule has 3 aliphatic rings. The van der Waals surface area contributed by atoms with Gasteiger partial charge in [0, 0.05) is 23.5 Å². The van der Waals surface area contributed by atoms with E-state index in [1.54, 1.807) is 0 Å². The Morgan fingerprint density at radius 1 is 1.08 bits per heavy atom. The maximum atomic E-state index is 11.7. The molecule has 0 spiro atoms. The molecule has 10 heteroatoms. The van der Waals surface area contributed by atoms with E-state index in [2.05, 4.69) is 26.8 Å². The monoisotopic (exact) mass is 369 g/mol. The third-order valence-corrected chi connectivity index (χ3v) is 6.02. The van der Waals surface area contributed by atoms with Gasteiger partial charge >= 0.3 is 17.8 Å². The summed E-state index contributed by atoms with van der Waals surface area (Å²) in [5.74, 6) is -0.968. The summed E-state index contributed by atoms with van der Waals surface area (Å²) in [6.07, 6.45) is 4.54. The van der Waals surface area contributed by atoms with Gasteiger partial charge in [-0.15, -0.1) is 0 Å². The first-order valence-corrected chi connectivity index (χ1v) is 9.66. The van der Waals surface area contributed by atoms with Gasteiger partial charge in [0.2, 0.25) is 5.91 Å². The second-order valence-corrected chi connectivity index (χ2v) is 7.89. The van der Waals surface area contributed by atoms with E-state index in [0.29, 0.717) is 11.7 Å². The minimum Gasteiger partial charge on any atom is -0.345 e. The van der Waals surface area contributed by atoms with Gasteiger partial charge in [0.05, 0.1) is 12.1 Å². The zero-order chi connectivity index (χ0) is 17.8. The first-order chi connectivity index (χ1) is 12.0. The molecule has 2 aliphatic heterocycles. The summed E-state index contributed by atoms with van der Waals surface area (Å²) in [5.41, 5.74) is 4.38. The van der Waals surface area contributed by atoms with Crippen LogP contribution < -0.4 is 26.8 Å². The molecular weight excluding hydrogens is 346 g/mol. The van der Waals surface area contributed by atoms with Gasteiger partial charge in [-0.2, -0.15) is 11.8 Å². The lowest BCUT2D eigenvalue weighted by molar-refractivity contribution is -0.141. The Balaban J connectivity index is 1.25. The highest BCUT2D eigenvalue weighted by Crippen LogP contribution is 2.33. The Kier molecular flexibility index (Phi) is 5.67. The Morgan fingerprint density at radius 2 is 1.88 bits per heavy atom. The largest absolute Gasteiger partial charge is 0.345 e. The minimum absolute atomic E-state index is 0.0962. The summed E-state index contributed by atoms with van der Waals surface area (Å²) in [4.78, 5) is 45.9. The van der Waals surface area contributed by atoms with E-state index in [1.165, 1.54) is 0 Å². The predicted molar refractivity (Wildman–Crippen MR) is 91.4 cm³/mol. The molecule has 2 heterocycles. The number of hydrogen-bond donors (Lipinski definition) is 5. The normalized spacial score (nSPS) is 27.0. The fraction of sp³-hybridized carbons (Fsp3) is 0.733. The number of unbranched alkanes of at least 4 members (excludes halogenated alkanes) is 1. The maximum absolute atomic E-state index is 11.7. The molecule has 3 atom stereocenters. The Hall–Kier alpha value is -1.97. The zero-order valence-corrected chi connectivity index (χ0v) is 14.6. The molecule has 2 saturated heterocycles. The average Bonchev–Trinajstić information content (AvgIpc) is 3.21. The molecule has 0 bridgehead atoms. The standard InChI is InChI=1S/C15H23N5O4S/c21-11(19-20-14(23)13(22)16-8-5-6-8)4-2-1-3-10-12-9(7-25-10)17-15(24)18-12/h8-10,12H,1-7H2,(H,16,22)(H,19,21)(H,20,23)(H2,17,18,24)/t9-,10-,12+/m0/s1. The van der Waals surface area contributed by atoms with Crippen LogP contribution in [0.5, 0.6) is 0 Å². The lowest BCUT2D eigenvalue weighted by atomic mass is 10.0. The molecule has 138 valence electrons. The van der Waals surface area contributed by atoms with E-state index >= 15 is 0 Å². The summed E-state index contributed by atoms with van der Waals surface area (Å²) in [5, 5.41) is 8.76. The van der Waals surface area contributed by atoms with Crippen LogP contribution in [0.2, 0.25) is 0 Å². The number of urea groups is 1. The lowest BCUT2D eigenvalue weighted by Crippen LogP contribution is -2.48. The number of amides is 5. The summed E-state index contributed by atoms with van der Waals surface area (Å²) in [7, 11) is 0. The van der Waals surface area contributed by atoms with E-state index in [-0.39, 0.29) is 36.5 Å². The highest BCUT2D eigenvalue weighted by atomic mass is 32.2. The van der Waals surface area contributed by atoms with Crippen LogP contribution in [0.25, 0.3) is 0 Å². The second-order valence-electron chi connectivity index (χ2n) is 6.62. The van der Waals surface area contributed by atoms with Gasteiger partial charge in [0.1, 0.15) is 0 Å². The van der Waals surface area contributed by atoms with Crippen molar-refractivity contribution in [2.24, 2.45) is 0 Å². The van der Waals surface area contributed by atoms with Gasteiger partial charge in [-0.3, -0.25) is 25.2 Å². The van der Waals surface area contributed by atoms with E-state index < -0.39 is 11.8 Å². The number of carbonyl (C=O) groups is 4. The van der Waals surface area contributed by atoms with Crippen molar-refractivity contribution in [1.82, 2.24) is 26.8 Å². The number of fused-ring (bicyclic) bond motifs is 1. The molecule has 1 aliphatic carbocycles. The fourth-order valence-corrected chi connectivity index (χ4v) is 4.54. The molecule has 5 amide bonds. The smallest absolute Gasteiger partial charge is 0.327 e. The number of nitrogens with one attached hydrogen (secondary N) is 5. The van der Waals surface area contributed by atoms with E-state index in [1.807, 2.05) is 11.8 Å². The van der Waals surface area contributed by atoms with Crippen LogP contribution in [0, 0.1) is 0 Å². The number of carbonyl (C=O) groups excluding carboxylic acids is 4. The summed E-state index contributed by atoms with van der Waals surface area (Å²) in [6, 6.07) is 0.390. The third-order valence-electron chi connectivity index (χ3n) is 4.51. The van der Waals surface area contributed by atoms with E-state index in [0.717, 1.165) is 31.4 Å². The van der Waals surface area contributed by atoms with Crippen LogP contribution in [0.4, 0.5) is 4.79 Å². The van der Waals surface area contributed by atoms with Crippen molar-refractivity contribution in [3.8, 4) is 0 Å². The number of rotatable bonds is 6. The van der Waals surface area contributed by atoms with Crippen molar-refractivity contribution in [1.29, 1.82) is 0 Å². The molecular formula is C15H23N5O4S. The van der Waals surface area contributed by atoms with Crippen LogP contribution in [-0.4, -0.2) is 52.9 Å². The van der Waals surface area contributed by atoms with Crippen molar-refractivity contribution in [3.05, 3.63) is 0 Å². The Labute approximate surface area is 149 Å². The van der Waals surface area contributed by atoms with Gasteiger partial charge in [-0.25, -0.2) is 4.79 Å². The molecule has 0 aromatic rings.